The summed E-state index contributed by atoms with van der Waals surface area (Å²) >= 11 is 0. The summed E-state index contributed by atoms with van der Waals surface area (Å²) in [6, 6.07) is 19.2. The number of ether oxygens (including phenoxy) is 1. The largest absolute Gasteiger partial charge is 0.469 e. The highest BCUT2D eigenvalue weighted by Gasteiger charge is 2.38. The fraction of sp³-hybridized carbons (Fsp3) is 0.414. The Morgan fingerprint density at radius 1 is 1.05 bits per heavy atom. The van der Waals surface area contributed by atoms with Gasteiger partial charge in [0.05, 0.1) is 42.9 Å². The van der Waals surface area contributed by atoms with Crippen molar-refractivity contribution in [1.82, 2.24) is 15.5 Å². The minimum absolute atomic E-state index is 0.227. The van der Waals surface area contributed by atoms with E-state index < -0.39 is 5.41 Å². The zero-order valence-corrected chi connectivity index (χ0v) is 22.7. The van der Waals surface area contributed by atoms with Crippen LogP contribution in [0.2, 0.25) is 0 Å². The fourth-order valence-corrected chi connectivity index (χ4v) is 4.58. The molecule has 0 aliphatic carbocycles. The van der Waals surface area contributed by atoms with E-state index in [1.54, 1.807) is 6.07 Å². The Hall–Kier alpha value is -4.41. The molecule has 0 spiro atoms. The van der Waals surface area contributed by atoms with Crippen molar-refractivity contribution in [3.63, 3.8) is 0 Å². The van der Waals surface area contributed by atoms with E-state index in [9.17, 15) is 9.59 Å². The standard InChI is InChI=1S/C29H35N7O3/c1-29(2,28(38)39-3)25(21-11-13-22(14-12-21)36(19-6-15-30)20-7-16-31)32-17-8-18-33-26-23-9-4-5-10-24(23)27(37)35-34-26/h4-5,9-14,25,32H,6-8,17-20H2,1-3H3,(H,33,34)(H,35,37). The highest BCUT2D eigenvalue weighted by atomic mass is 16.5. The van der Waals surface area contributed by atoms with Gasteiger partial charge in [0.15, 0.2) is 5.82 Å². The Morgan fingerprint density at radius 2 is 1.69 bits per heavy atom. The molecule has 10 nitrogen and oxygen atoms in total. The highest BCUT2D eigenvalue weighted by Crippen LogP contribution is 2.35. The second-order valence-corrected chi connectivity index (χ2v) is 9.72. The van der Waals surface area contributed by atoms with Gasteiger partial charge in [0, 0.05) is 36.7 Å². The molecule has 1 aromatic heterocycles. The molecular weight excluding hydrogens is 494 g/mol. The van der Waals surface area contributed by atoms with Crippen LogP contribution in [0.15, 0.2) is 53.3 Å². The molecule has 39 heavy (non-hydrogen) atoms. The molecular formula is C29H35N7O3. The summed E-state index contributed by atoms with van der Waals surface area (Å²) in [4.78, 5) is 26.7. The fourth-order valence-electron chi connectivity index (χ4n) is 4.58. The van der Waals surface area contributed by atoms with E-state index in [2.05, 4.69) is 33.0 Å². The quantitative estimate of drug-likeness (QED) is 0.209. The van der Waals surface area contributed by atoms with Gasteiger partial charge in [0.1, 0.15) is 0 Å². The molecule has 1 heterocycles. The number of fused-ring (bicyclic) bond motifs is 1. The normalized spacial score (nSPS) is 11.8. The van der Waals surface area contributed by atoms with Crippen LogP contribution in [-0.2, 0) is 9.53 Å². The minimum Gasteiger partial charge on any atom is -0.469 e. The number of nitrogens with one attached hydrogen (secondary N) is 3. The number of esters is 1. The number of H-pyrrole nitrogens is 1. The SMILES string of the molecule is COC(=O)C(C)(C)C(NCCCNc1n[nH]c(=O)c2ccccc12)c1ccc(N(CCC#N)CCC#N)cc1. The van der Waals surface area contributed by atoms with Crippen molar-refractivity contribution in [2.24, 2.45) is 5.41 Å². The minimum atomic E-state index is -0.846. The number of benzene rings is 2. The molecule has 3 rings (SSSR count). The summed E-state index contributed by atoms with van der Waals surface area (Å²) in [6.45, 7) is 6.00. The average molecular weight is 530 g/mol. The van der Waals surface area contributed by atoms with Crippen LogP contribution in [-0.4, -0.2) is 49.5 Å². The Kier molecular flexibility index (Phi) is 10.4. The Morgan fingerprint density at radius 3 is 2.31 bits per heavy atom. The summed E-state index contributed by atoms with van der Waals surface area (Å²) < 4.78 is 5.11. The first-order valence-corrected chi connectivity index (χ1v) is 13.0. The van der Waals surface area contributed by atoms with E-state index in [1.807, 2.05) is 61.2 Å². The lowest BCUT2D eigenvalue weighted by molar-refractivity contribution is -0.152. The Balaban J connectivity index is 1.70. The number of aromatic amines is 1. The molecule has 0 radical (unpaired) electrons. The van der Waals surface area contributed by atoms with Crippen molar-refractivity contribution in [3.05, 3.63) is 64.4 Å². The third-order valence-corrected chi connectivity index (χ3v) is 6.70. The molecule has 10 heteroatoms. The van der Waals surface area contributed by atoms with Crippen molar-refractivity contribution in [3.8, 4) is 12.1 Å². The molecule has 0 aliphatic rings. The van der Waals surface area contributed by atoms with E-state index in [-0.39, 0.29) is 17.6 Å². The van der Waals surface area contributed by atoms with E-state index in [0.717, 1.165) is 23.1 Å². The lowest BCUT2D eigenvalue weighted by atomic mass is 9.80. The number of anilines is 2. The van der Waals surface area contributed by atoms with E-state index >= 15 is 0 Å². The van der Waals surface area contributed by atoms with Crippen LogP contribution in [0.3, 0.4) is 0 Å². The van der Waals surface area contributed by atoms with Crippen LogP contribution in [0.4, 0.5) is 11.5 Å². The van der Waals surface area contributed by atoms with Crippen molar-refractivity contribution in [2.45, 2.75) is 39.2 Å². The lowest BCUT2D eigenvalue weighted by Crippen LogP contribution is -2.41. The van der Waals surface area contributed by atoms with Crippen LogP contribution in [0, 0.1) is 28.1 Å². The van der Waals surface area contributed by atoms with Gasteiger partial charge in [-0.15, -0.1) is 0 Å². The van der Waals surface area contributed by atoms with Crippen LogP contribution in [0.1, 0.15) is 44.7 Å². The second-order valence-electron chi connectivity index (χ2n) is 9.72. The summed E-state index contributed by atoms with van der Waals surface area (Å²) in [6.07, 6.45) is 1.47. The zero-order valence-electron chi connectivity index (χ0n) is 22.7. The van der Waals surface area contributed by atoms with Crippen LogP contribution in [0.5, 0.6) is 0 Å². The highest BCUT2D eigenvalue weighted by molar-refractivity contribution is 5.90. The maximum atomic E-state index is 12.7. The van der Waals surface area contributed by atoms with Crippen molar-refractivity contribution in [1.29, 1.82) is 10.5 Å². The maximum absolute atomic E-state index is 12.7. The number of rotatable bonds is 14. The smallest absolute Gasteiger partial charge is 0.313 e. The molecule has 0 aliphatic heterocycles. The molecule has 2 aromatic carbocycles. The number of nitrogens with zero attached hydrogens (tertiary/aromatic N) is 4. The number of nitriles is 2. The van der Waals surface area contributed by atoms with Crippen LogP contribution < -0.4 is 21.1 Å². The van der Waals surface area contributed by atoms with Crippen LogP contribution in [0.25, 0.3) is 10.8 Å². The van der Waals surface area contributed by atoms with Gasteiger partial charge in [-0.1, -0.05) is 30.3 Å². The third kappa shape index (κ3) is 7.34. The monoisotopic (exact) mass is 529 g/mol. The molecule has 0 saturated carbocycles. The first kappa shape index (κ1) is 29.2. The van der Waals surface area contributed by atoms with Crippen molar-refractivity contribution < 1.29 is 9.53 Å². The van der Waals surface area contributed by atoms with Crippen LogP contribution >= 0.6 is 0 Å². The first-order valence-electron chi connectivity index (χ1n) is 13.0. The van der Waals surface area contributed by atoms with E-state index in [0.29, 0.717) is 50.2 Å². The number of carbonyl (C=O) groups is 1. The third-order valence-electron chi connectivity index (χ3n) is 6.70. The van der Waals surface area contributed by atoms with Gasteiger partial charge in [-0.2, -0.15) is 15.6 Å². The van der Waals surface area contributed by atoms with Gasteiger partial charge in [0.25, 0.3) is 5.56 Å². The molecule has 1 unspecified atom stereocenters. The summed E-state index contributed by atoms with van der Waals surface area (Å²) in [7, 11) is 1.39. The number of hydrogen-bond acceptors (Lipinski definition) is 9. The van der Waals surface area contributed by atoms with Gasteiger partial charge in [-0.3, -0.25) is 9.59 Å². The van der Waals surface area contributed by atoms with Gasteiger partial charge in [0.2, 0.25) is 0 Å². The first-order chi connectivity index (χ1) is 18.8. The number of aromatic nitrogens is 2. The average Bonchev–Trinajstić information content (AvgIpc) is 2.96. The second kappa shape index (κ2) is 13.9. The lowest BCUT2D eigenvalue weighted by Gasteiger charge is -2.33. The Labute approximate surface area is 228 Å². The number of carbonyl (C=O) groups excluding carboxylic acids is 1. The molecule has 0 amide bonds. The molecule has 3 aromatic rings. The number of hydrogen-bond donors (Lipinski definition) is 3. The van der Waals surface area contributed by atoms with Gasteiger partial charge in [-0.25, -0.2) is 5.10 Å². The van der Waals surface area contributed by atoms with E-state index in [1.165, 1.54) is 7.11 Å². The van der Waals surface area contributed by atoms with Gasteiger partial charge >= 0.3 is 5.97 Å². The van der Waals surface area contributed by atoms with Gasteiger partial charge in [-0.05, 0) is 50.6 Å². The predicted molar refractivity (Wildman–Crippen MR) is 151 cm³/mol. The molecule has 204 valence electrons. The molecule has 1 atom stereocenters. The Bertz CT molecular complexity index is 1370. The predicted octanol–water partition coefficient (Wildman–Crippen LogP) is 3.89. The maximum Gasteiger partial charge on any atom is 0.313 e. The van der Waals surface area contributed by atoms with Crippen molar-refractivity contribution >= 4 is 28.2 Å². The van der Waals surface area contributed by atoms with Gasteiger partial charge < -0.3 is 20.3 Å². The zero-order chi connectivity index (χ0) is 28.3. The number of methoxy groups -OCH3 is 1. The summed E-state index contributed by atoms with van der Waals surface area (Å²) in [5, 5.41) is 32.8. The molecule has 0 bridgehead atoms. The molecule has 0 fully saturated rings. The summed E-state index contributed by atoms with van der Waals surface area (Å²) in [5.74, 6) is 0.292. The molecule has 0 saturated heterocycles. The summed E-state index contributed by atoms with van der Waals surface area (Å²) in [5.41, 5.74) is 0.774. The topological polar surface area (TPSA) is 147 Å². The molecule has 3 N–H and O–H groups in total. The van der Waals surface area contributed by atoms with E-state index in [4.69, 9.17) is 15.3 Å². The van der Waals surface area contributed by atoms with Crippen molar-refractivity contribution in [2.75, 3.05) is 43.5 Å².